The zero-order valence-corrected chi connectivity index (χ0v) is 15.2. The Bertz CT molecular complexity index is 676. The predicted octanol–water partition coefficient (Wildman–Crippen LogP) is 2.67. The SMILES string of the molecule is CCCC(=O)N1CCCN(S(=O)(=O)c2ccc(C)c(Cl)c2)CC1. The van der Waals surface area contributed by atoms with Gasteiger partial charge in [0.1, 0.15) is 0 Å². The molecular formula is C16H23ClN2O3S. The molecule has 1 fully saturated rings. The van der Waals surface area contributed by atoms with Gasteiger partial charge in [-0.3, -0.25) is 4.79 Å². The summed E-state index contributed by atoms with van der Waals surface area (Å²) in [5.74, 6) is 0.102. The predicted molar refractivity (Wildman–Crippen MR) is 91.1 cm³/mol. The molecule has 0 bridgehead atoms. The van der Waals surface area contributed by atoms with Crippen LogP contribution in [0.5, 0.6) is 0 Å². The number of rotatable bonds is 4. The van der Waals surface area contributed by atoms with Gasteiger partial charge in [0, 0.05) is 37.6 Å². The summed E-state index contributed by atoms with van der Waals surface area (Å²) in [6.07, 6.45) is 1.97. The minimum atomic E-state index is -3.58. The molecular weight excluding hydrogens is 336 g/mol. The molecule has 0 radical (unpaired) electrons. The molecule has 0 atom stereocenters. The normalized spacial score (nSPS) is 17.1. The summed E-state index contributed by atoms with van der Waals surface area (Å²) >= 11 is 6.05. The minimum Gasteiger partial charge on any atom is -0.341 e. The van der Waals surface area contributed by atoms with Gasteiger partial charge < -0.3 is 4.90 Å². The zero-order chi connectivity index (χ0) is 17.0. The van der Waals surface area contributed by atoms with Gasteiger partial charge in [-0.1, -0.05) is 24.6 Å². The van der Waals surface area contributed by atoms with E-state index >= 15 is 0 Å². The fourth-order valence-corrected chi connectivity index (χ4v) is 4.38. The van der Waals surface area contributed by atoms with Crippen molar-refractivity contribution in [3.63, 3.8) is 0 Å². The van der Waals surface area contributed by atoms with Crippen molar-refractivity contribution in [2.24, 2.45) is 0 Å². The quantitative estimate of drug-likeness (QED) is 0.831. The van der Waals surface area contributed by atoms with E-state index in [0.717, 1.165) is 12.0 Å². The molecule has 128 valence electrons. The minimum absolute atomic E-state index is 0.102. The molecule has 7 heteroatoms. The lowest BCUT2D eigenvalue weighted by molar-refractivity contribution is -0.131. The van der Waals surface area contributed by atoms with E-state index in [0.29, 0.717) is 44.0 Å². The fourth-order valence-electron chi connectivity index (χ4n) is 2.64. The molecule has 1 saturated heterocycles. The van der Waals surface area contributed by atoms with Crippen LogP contribution in [0.25, 0.3) is 0 Å². The van der Waals surface area contributed by atoms with Gasteiger partial charge in [0.15, 0.2) is 0 Å². The number of amides is 1. The van der Waals surface area contributed by atoms with Gasteiger partial charge in [-0.15, -0.1) is 0 Å². The third-order valence-electron chi connectivity index (χ3n) is 4.05. The lowest BCUT2D eigenvalue weighted by Gasteiger charge is -2.22. The van der Waals surface area contributed by atoms with E-state index in [2.05, 4.69) is 0 Å². The first-order valence-corrected chi connectivity index (χ1v) is 9.72. The number of carbonyl (C=O) groups excluding carboxylic acids is 1. The Balaban J connectivity index is 2.14. The molecule has 1 aliphatic rings. The van der Waals surface area contributed by atoms with Crippen LogP contribution in [0.4, 0.5) is 0 Å². The van der Waals surface area contributed by atoms with Crippen LogP contribution in [0.1, 0.15) is 31.7 Å². The van der Waals surface area contributed by atoms with E-state index in [1.54, 1.807) is 17.0 Å². The number of carbonyl (C=O) groups is 1. The molecule has 0 unspecified atom stereocenters. The molecule has 2 rings (SSSR count). The van der Waals surface area contributed by atoms with E-state index in [9.17, 15) is 13.2 Å². The maximum atomic E-state index is 12.8. The van der Waals surface area contributed by atoms with Crippen LogP contribution in [0.2, 0.25) is 5.02 Å². The maximum absolute atomic E-state index is 12.8. The standard InChI is InChI=1S/C16H23ClN2O3S/c1-3-5-16(20)18-8-4-9-19(11-10-18)23(21,22)14-7-6-13(2)15(17)12-14/h6-7,12H,3-5,8-11H2,1-2H3. The van der Waals surface area contributed by atoms with Crippen molar-refractivity contribution in [3.05, 3.63) is 28.8 Å². The second-order valence-corrected chi connectivity index (χ2v) is 8.14. The number of aryl methyl sites for hydroxylation is 1. The smallest absolute Gasteiger partial charge is 0.243 e. The van der Waals surface area contributed by atoms with E-state index in [1.165, 1.54) is 10.4 Å². The number of hydrogen-bond acceptors (Lipinski definition) is 3. The topological polar surface area (TPSA) is 57.7 Å². The third-order valence-corrected chi connectivity index (χ3v) is 6.35. The fraction of sp³-hybridized carbons (Fsp3) is 0.562. The van der Waals surface area contributed by atoms with Crippen LogP contribution in [0.15, 0.2) is 23.1 Å². The summed E-state index contributed by atoms with van der Waals surface area (Å²) in [6, 6.07) is 4.79. The van der Waals surface area contributed by atoms with Crippen LogP contribution >= 0.6 is 11.6 Å². The van der Waals surface area contributed by atoms with Crippen molar-refractivity contribution in [2.45, 2.75) is 38.0 Å². The van der Waals surface area contributed by atoms with E-state index in [-0.39, 0.29) is 10.8 Å². The second kappa shape index (κ2) is 7.64. The molecule has 1 heterocycles. The van der Waals surface area contributed by atoms with E-state index in [1.807, 2.05) is 13.8 Å². The average molecular weight is 359 g/mol. The molecule has 1 amide bonds. The Kier molecular flexibility index (Phi) is 6.06. The molecule has 5 nitrogen and oxygen atoms in total. The van der Waals surface area contributed by atoms with Crippen LogP contribution in [-0.2, 0) is 14.8 Å². The summed E-state index contributed by atoms with van der Waals surface area (Å²) in [5, 5.41) is 0.445. The molecule has 0 saturated carbocycles. The van der Waals surface area contributed by atoms with Crippen LogP contribution in [-0.4, -0.2) is 49.7 Å². The first-order chi connectivity index (χ1) is 10.9. The molecule has 0 aliphatic carbocycles. The number of nitrogens with zero attached hydrogens (tertiary/aromatic N) is 2. The molecule has 23 heavy (non-hydrogen) atoms. The van der Waals surface area contributed by atoms with E-state index < -0.39 is 10.0 Å². The van der Waals surface area contributed by atoms with Crippen molar-refractivity contribution in [1.82, 2.24) is 9.21 Å². The van der Waals surface area contributed by atoms with E-state index in [4.69, 9.17) is 11.6 Å². The Morgan fingerprint density at radius 3 is 2.61 bits per heavy atom. The summed E-state index contributed by atoms with van der Waals surface area (Å²) in [7, 11) is -3.58. The maximum Gasteiger partial charge on any atom is 0.243 e. The van der Waals surface area contributed by atoms with Crippen molar-refractivity contribution in [1.29, 1.82) is 0 Å². The highest BCUT2D eigenvalue weighted by molar-refractivity contribution is 7.89. The summed E-state index contributed by atoms with van der Waals surface area (Å²) in [6.45, 7) is 5.60. The summed E-state index contributed by atoms with van der Waals surface area (Å²) in [4.78, 5) is 14.0. The summed E-state index contributed by atoms with van der Waals surface area (Å²) < 4.78 is 27.0. The van der Waals surface area contributed by atoms with Crippen LogP contribution in [0, 0.1) is 6.92 Å². The third kappa shape index (κ3) is 4.25. The number of hydrogen-bond donors (Lipinski definition) is 0. The van der Waals surface area contributed by atoms with Crippen molar-refractivity contribution in [3.8, 4) is 0 Å². The van der Waals surface area contributed by atoms with Crippen molar-refractivity contribution >= 4 is 27.5 Å². The monoisotopic (exact) mass is 358 g/mol. The first kappa shape index (κ1) is 18.2. The van der Waals surface area contributed by atoms with Gasteiger partial charge in [0.25, 0.3) is 0 Å². The molecule has 1 aromatic rings. The number of benzene rings is 1. The highest BCUT2D eigenvalue weighted by atomic mass is 35.5. The van der Waals surface area contributed by atoms with Gasteiger partial charge >= 0.3 is 0 Å². The van der Waals surface area contributed by atoms with Crippen molar-refractivity contribution < 1.29 is 13.2 Å². The Morgan fingerprint density at radius 2 is 1.96 bits per heavy atom. The lowest BCUT2D eigenvalue weighted by Crippen LogP contribution is -2.37. The Morgan fingerprint density at radius 1 is 1.22 bits per heavy atom. The van der Waals surface area contributed by atoms with Gasteiger partial charge in [-0.05, 0) is 37.5 Å². The molecule has 1 aromatic carbocycles. The average Bonchev–Trinajstić information content (AvgIpc) is 2.76. The van der Waals surface area contributed by atoms with Gasteiger partial charge in [-0.2, -0.15) is 4.31 Å². The lowest BCUT2D eigenvalue weighted by atomic mass is 10.2. The second-order valence-electron chi connectivity index (χ2n) is 5.80. The Labute approximate surface area is 143 Å². The summed E-state index contributed by atoms with van der Waals surface area (Å²) in [5.41, 5.74) is 0.845. The van der Waals surface area contributed by atoms with Gasteiger partial charge in [0.2, 0.25) is 15.9 Å². The molecule has 0 N–H and O–H groups in total. The number of sulfonamides is 1. The highest BCUT2D eigenvalue weighted by Gasteiger charge is 2.28. The molecule has 0 aromatic heterocycles. The highest BCUT2D eigenvalue weighted by Crippen LogP contribution is 2.23. The largest absolute Gasteiger partial charge is 0.341 e. The van der Waals surface area contributed by atoms with Crippen molar-refractivity contribution in [2.75, 3.05) is 26.2 Å². The molecule has 1 aliphatic heterocycles. The Hall–Kier alpha value is -1.11. The van der Waals surface area contributed by atoms with Gasteiger partial charge in [-0.25, -0.2) is 8.42 Å². The van der Waals surface area contributed by atoms with Crippen LogP contribution < -0.4 is 0 Å². The zero-order valence-electron chi connectivity index (χ0n) is 13.6. The number of halogens is 1. The molecule has 0 spiro atoms. The van der Waals surface area contributed by atoms with Gasteiger partial charge in [0.05, 0.1) is 4.90 Å². The van der Waals surface area contributed by atoms with Crippen LogP contribution in [0.3, 0.4) is 0 Å². The first-order valence-electron chi connectivity index (χ1n) is 7.90.